The number of anilines is 2. The van der Waals surface area contributed by atoms with Gasteiger partial charge < -0.3 is 15.4 Å². The van der Waals surface area contributed by atoms with Gasteiger partial charge in [0.25, 0.3) is 0 Å². The SMILES string of the molecule is CCCNc1cncc(NC(C)COC)c1. The maximum atomic E-state index is 5.07. The van der Waals surface area contributed by atoms with E-state index in [1.807, 2.05) is 12.4 Å². The van der Waals surface area contributed by atoms with Crippen LogP contribution in [0.25, 0.3) is 0 Å². The molecule has 4 heteroatoms. The van der Waals surface area contributed by atoms with Crippen molar-refractivity contribution in [2.75, 3.05) is 30.9 Å². The van der Waals surface area contributed by atoms with Crippen molar-refractivity contribution in [3.05, 3.63) is 18.5 Å². The van der Waals surface area contributed by atoms with Crippen LogP contribution in [0.3, 0.4) is 0 Å². The monoisotopic (exact) mass is 223 g/mol. The molecule has 0 aliphatic heterocycles. The smallest absolute Gasteiger partial charge is 0.0661 e. The number of methoxy groups -OCH3 is 1. The molecule has 1 atom stereocenters. The van der Waals surface area contributed by atoms with Crippen molar-refractivity contribution in [3.63, 3.8) is 0 Å². The van der Waals surface area contributed by atoms with E-state index in [-0.39, 0.29) is 6.04 Å². The molecule has 1 rings (SSSR count). The lowest BCUT2D eigenvalue weighted by Crippen LogP contribution is -2.20. The summed E-state index contributed by atoms with van der Waals surface area (Å²) in [4.78, 5) is 4.18. The van der Waals surface area contributed by atoms with Gasteiger partial charge in [0.15, 0.2) is 0 Å². The van der Waals surface area contributed by atoms with Crippen LogP contribution in [-0.2, 0) is 4.74 Å². The first-order chi connectivity index (χ1) is 7.76. The summed E-state index contributed by atoms with van der Waals surface area (Å²) >= 11 is 0. The fourth-order valence-corrected chi connectivity index (χ4v) is 1.46. The minimum Gasteiger partial charge on any atom is -0.384 e. The molecule has 1 heterocycles. The Morgan fingerprint density at radius 1 is 1.38 bits per heavy atom. The van der Waals surface area contributed by atoms with Gasteiger partial charge in [-0.25, -0.2) is 0 Å². The third kappa shape index (κ3) is 4.49. The first-order valence-electron chi connectivity index (χ1n) is 5.70. The molecule has 1 unspecified atom stereocenters. The van der Waals surface area contributed by atoms with Gasteiger partial charge in [-0.05, 0) is 19.4 Å². The highest BCUT2D eigenvalue weighted by Gasteiger charge is 2.01. The zero-order chi connectivity index (χ0) is 11.8. The second-order valence-corrected chi connectivity index (χ2v) is 3.89. The highest BCUT2D eigenvalue weighted by Crippen LogP contribution is 2.13. The molecule has 4 nitrogen and oxygen atoms in total. The molecule has 0 aliphatic rings. The number of hydrogen-bond acceptors (Lipinski definition) is 4. The number of nitrogens with one attached hydrogen (secondary N) is 2. The zero-order valence-electron chi connectivity index (χ0n) is 10.3. The van der Waals surface area contributed by atoms with Gasteiger partial charge in [0.2, 0.25) is 0 Å². The summed E-state index contributed by atoms with van der Waals surface area (Å²) in [6.07, 6.45) is 4.77. The maximum Gasteiger partial charge on any atom is 0.0661 e. The quantitative estimate of drug-likeness (QED) is 0.745. The first-order valence-corrected chi connectivity index (χ1v) is 5.70. The fraction of sp³-hybridized carbons (Fsp3) is 0.583. The van der Waals surface area contributed by atoms with E-state index in [1.165, 1.54) is 0 Å². The Morgan fingerprint density at radius 3 is 2.81 bits per heavy atom. The zero-order valence-corrected chi connectivity index (χ0v) is 10.3. The van der Waals surface area contributed by atoms with Gasteiger partial charge in [0.1, 0.15) is 0 Å². The molecule has 0 amide bonds. The molecular weight excluding hydrogens is 202 g/mol. The third-order valence-electron chi connectivity index (χ3n) is 2.15. The number of aromatic nitrogens is 1. The standard InChI is InChI=1S/C12H21N3O/c1-4-5-14-11-6-12(8-13-7-11)15-10(2)9-16-3/h6-8,10,14-15H,4-5,9H2,1-3H3. The van der Waals surface area contributed by atoms with Gasteiger partial charge in [-0.15, -0.1) is 0 Å². The van der Waals surface area contributed by atoms with Gasteiger partial charge in [-0.1, -0.05) is 6.92 Å². The van der Waals surface area contributed by atoms with Crippen LogP contribution in [0.5, 0.6) is 0 Å². The number of ether oxygens (including phenoxy) is 1. The Hall–Kier alpha value is -1.29. The summed E-state index contributed by atoms with van der Waals surface area (Å²) in [5, 5.41) is 6.64. The molecule has 16 heavy (non-hydrogen) atoms. The molecule has 0 saturated carbocycles. The normalized spacial score (nSPS) is 12.2. The molecule has 0 saturated heterocycles. The predicted octanol–water partition coefficient (Wildman–Crippen LogP) is 2.35. The Morgan fingerprint density at radius 2 is 2.12 bits per heavy atom. The van der Waals surface area contributed by atoms with Crippen molar-refractivity contribution in [3.8, 4) is 0 Å². The fourth-order valence-electron chi connectivity index (χ4n) is 1.46. The van der Waals surface area contributed by atoms with Gasteiger partial charge in [0, 0.05) is 19.7 Å². The van der Waals surface area contributed by atoms with E-state index in [9.17, 15) is 0 Å². The van der Waals surface area contributed by atoms with E-state index in [1.54, 1.807) is 7.11 Å². The number of pyridine rings is 1. The summed E-state index contributed by atoms with van der Waals surface area (Å²) in [6, 6.07) is 2.35. The molecule has 1 aromatic heterocycles. The minimum absolute atomic E-state index is 0.285. The lowest BCUT2D eigenvalue weighted by molar-refractivity contribution is 0.190. The molecular formula is C12H21N3O. The van der Waals surface area contributed by atoms with Crippen LogP contribution < -0.4 is 10.6 Å². The van der Waals surface area contributed by atoms with E-state index in [4.69, 9.17) is 4.74 Å². The van der Waals surface area contributed by atoms with Crippen molar-refractivity contribution < 1.29 is 4.74 Å². The van der Waals surface area contributed by atoms with Crippen molar-refractivity contribution in [2.24, 2.45) is 0 Å². The van der Waals surface area contributed by atoms with Crippen LogP contribution >= 0.6 is 0 Å². The second-order valence-electron chi connectivity index (χ2n) is 3.89. The highest BCUT2D eigenvalue weighted by molar-refractivity contribution is 5.54. The van der Waals surface area contributed by atoms with Crippen molar-refractivity contribution in [1.29, 1.82) is 0 Å². The van der Waals surface area contributed by atoms with Crippen LogP contribution in [0, 0.1) is 0 Å². The van der Waals surface area contributed by atoms with E-state index in [2.05, 4.69) is 35.5 Å². The van der Waals surface area contributed by atoms with Gasteiger partial charge in [-0.2, -0.15) is 0 Å². The first kappa shape index (κ1) is 12.8. The van der Waals surface area contributed by atoms with Gasteiger partial charge in [0.05, 0.1) is 30.4 Å². The summed E-state index contributed by atoms with van der Waals surface area (Å²) in [6.45, 7) is 5.88. The Balaban J connectivity index is 2.52. The Kier molecular flexibility index (Phi) is 5.64. The van der Waals surface area contributed by atoms with Crippen molar-refractivity contribution in [1.82, 2.24) is 4.98 Å². The summed E-state index contributed by atoms with van der Waals surface area (Å²) in [7, 11) is 1.70. The average Bonchev–Trinajstić information content (AvgIpc) is 2.27. The summed E-state index contributed by atoms with van der Waals surface area (Å²) in [5.41, 5.74) is 2.07. The molecule has 0 bridgehead atoms. The minimum atomic E-state index is 0.285. The van der Waals surface area contributed by atoms with Crippen molar-refractivity contribution in [2.45, 2.75) is 26.3 Å². The van der Waals surface area contributed by atoms with Crippen LogP contribution in [0.15, 0.2) is 18.5 Å². The van der Waals surface area contributed by atoms with Gasteiger partial charge in [-0.3, -0.25) is 4.98 Å². The van der Waals surface area contributed by atoms with Crippen LogP contribution in [-0.4, -0.2) is 31.3 Å². The topological polar surface area (TPSA) is 46.2 Å². The van der Waals surface area contributed by atoms with Crippen LogP contribution in [0.1, 0.15) is 20.3 Å². The van der Waals surface area contributed by atoms with E-state index < -0.39 is 0 Å². The molecule has 1 aromatic rings. The molecule has 0 fully saturated rings. The van der Waals surface area contributed by atoms with E-state index in [0.29, 0.717) is 6.61 Å². The van der Waals surface area contributed by atoms with Crippen molar-refractivity contribution >= 4 is 11.4 Å². The van der Waals surface area contributed by atoms with E-state index >= 15 is 0 Å². The molecule has 0 radical (unpaired) electrons. The highest BCUT2D eigenvalue weighted by atomic mass is 16.5. The molecule has 0 aromatic carbocycles. The molecule has 0 aliphatic carbocycles. The third-order valence-corrected chi connectivity index (χ3v) is 2.15. The van der Waals surface area contributed by atoms with Crippen LogP contribution in [0.2, 0.25) is 0 Å². The maximum absolute atomic E-state index is 5.07. The molecule has 2 N–H and O–H groups in total. The van der Waals surface area contributed by atoms with Crippen LogP contribution in [0.4, 0.5) is 11.4 Å². The second kappa shape index (κ2) is 7.06. The number of rotatable bonds is 7. The molecule has 90 valence electrons. The predicted molar refractivity (Wildman–Crippen MR) is 68.0 cm³/mol. The summed E-state index contributed by atoms with van der Waals surface area (Å²) < 4.78 is 5.07. The number of hydrogen-bond donors (Lipinski definition) is 2. The average molecular weight is 223 g/mol. The largest absolute Gasteiger partial charge is 0.384 e. The lowest BCUT2D eigenvalue weighted by Gasteiger charge is -2.14. The van der Waals surface area contributed by atoms with E-state index in [0.717, 1.165) is 24.3 Å². The Bertz CT molecular complexity index is 304. The lowest BCUT2D eigenvalue weighted by atomic mass is 10.3. The molecule has 0 spiro atoms. The summed E-state index contributed by atoms with van der Waals surface area (Å²) in [5.74, 6) is 0. The number of nitrogens with zero attached hydrogens (tertiary/aromatic N) is 1. The Labute approximate surface area is 97.4 Å². The van der Waals surface area contributed by atoms with Gasteiger partial charge >= 0.3 is 0 Å².